The van der Waals surface area contributed by atoms with Crippen molar-refractivity contribution in [3.63, 3.8) is 0 Å². The molecule has 0 aliphatic heterocycles. The molecule has 8 aromatic rings. The first-order valence-corrected chi connectivity index (χ1v) is 20.5. The minimum absolute atomic E-state index is 0.121. The quantitative estimate of drug-likeness (QED) is 0.168. The largest absolute Gasteiger partial charge is 0.507 e. The van der Waals surface area contributed by atoms with E-state index in [1.54, 1.807) is 0 Å². The summed E-state index contributed by atoms with van der Waals surface area (Å²) in [5.74, 6) is 1.40. The van der Waals surface area contributed by atoms with E-state index >= 15 is 0 Å². The molecular weight excluding hydrogens is 707 g/mol. The molecule has 0 atom stereocenters. The summed E-state index contributed by atoms with van der Waals surface area (Å²) >= 11 is 0. The number of phenolic OH excluding ortho intramolecular Hbond substituents is 1. The topological polar surface area (TPSA) is 50.9 Å². The van der Waals surface area contributed by atoms with Gasteiger partial charge in [-0.3, -0.25) is 9.55 Å². The van der Waals surface area contributed by atoms with Gasteiger partial charge in [0.15, 0.2) is 0 Å². The second-order valence-corrected chi connectivity index (χ2v) is 17.4. The monoisotopic (exact) mass is 759 g/mol. The van der Waals surface area contributed by atoms with E-state index in [0.29, 0.717) is 0 Å². The van der Waals surface area contributed by atoms with Crippen LogP contribution in [0.25, 0.3) is 72.7 Å². The van der Waals surface area contributed by atoms with Gasteiger partial charge >= 0.3 is 0 Å². The number of aromatic nitrogens is 3. The van der Waals surface area contributed by atoms with E-state index in [2.05, 4.69) is 194 Å². The van der Waals surface area contributed by atoms with Crippen molar-refractivity contribution in [2.75, 3.05) is 0 Å². The van der Waals surface area contributed by atoms with Crippen LogP contribution in [0.15, 0.2) is 140 Å². The standard InChI is InChI=1S/C54H53N3O/c1-33(2)40-29-46(34(3)4)52(58)48(30-40)53-56-51-45(21-16-22-50(51)57(53)44-25-35(5)36(6)47(32-44)38-19-14-11-15-20-38)41-26-42(28-43(27-41)54(7,8)9)49-31-39(23-24-55-49)37-17-12-10-13-18-37/h10-34,58H,1-9H3. The van der Waals surface area contributed by atoms with Crippen LogP contribution in [0, 0.1) is 13.8 Å². The zero-order valence-corrected chi connectivity index (χ0v) is 35.2. The lowest BCUT2D eigenvalue weighted by Gasteiger charge is -2.22. The lowest BCUT2D eigenvalue weighted by Crippen LogP contribution is -2.11. The predicted octanol–water partition coefficient (Wildman–Crippen LogP) is 14.6. The molecule has 0 aliphatic carbocycles. The molecular formula is C54H53N3O. The molecule has 2 heterocycles. The molecule has 0 bridgehead atoms. The molecule has 0 unspecified atom stereocenters. The van der Waals surface area contributed by atoms with Crippen LogP contribution >= 0.6 is 0 Å². The summed E-state index contributed by atoms with van der Waals surface area (Å²) in [4.78, 5) is 10.5. The SMILES string of the molecule is Cc1cc(-n2c(-c3cc(C(C)C)cc(C(C)C)c3O)nc3c(-c4cc(-c5cc(-c6ccccc6)ccn5)cc(C(C)(C)C)c4)cccc32)cc(-c2ccccc2)c1C. The van der Waals surface area contributed by atoms with Gasteiger partial charge < -0.3 is 5.11 Å². The third-order valence-corrected chi connectivity index (χ3v) is 11.6. The smallest absolute Gasteiger partial charge is 0.149 e. The Hall–Kier alpha value is -6.26. The fraction of sp³-hybridized carbons (Fsp3) is 0.222. The summed E-state index contributed by atoms with van der Waals surface area (Å²) in [6.45, 7) is 19.9. The second-order valence-electron chi connectivity index (χ2n) is 17.4. The summed E-state index contributed by atoms with van der Waals surface area (Å²) in [5.41, 5.74) is 17.9. The van der Waals surface area contributed by atoms with Crippen molar-refractivity contribution in [3.8, 4) is 67.5 Å². The Kier molecular flexibility index (Phi) is 10.1. The first kappa shape index (κ1) is 38.6. The number of phenols is 1. The van der Waals surface area contributed by atoms with Gasteiger partial charge in [-0.2, -0.15) is 0 Å². The number of aromatic hydroxyl groups is 1. The van der Waals surface area contributed by atoms with E-state index in [-0.39, 0.29) is 23.0 Å². The van der Waals surface area contributed by atoms with Crippen molar-refractivity contribution in [3.05, 3.63) is 167 Å². The zero-order valence-electron chi connectivity index (χ0n) is 35.2. The van der Waals surface area contributed by atoms with E-state index in [9.17, 15) is 5.11 Å². The predicted molar refractivity (Wildman–Crippen MR) is 244 cm³/mol. The van der Waals surface area contributed by atoms with Crippen molar-refractivity contribution in [2.45, 2.75) is 79.6 Å². The van der Waals surface area contributed by atoms with Gasteiger partial charge in [0.25, 0.3) is 0 Å². The van der Waals surface area contributed by atoms with Gasteiger partial charge in [0.05, 0.1) is 22.3 Å². The van der Waals surface area contributed by atoms with E-state index in [4.69, 9.17) is 9.97 Å². The average Bonchev–Trinajstić information content (AvgIpc) is 3.61. The number of nitrogens with zero attached hydrogens (tertiary/aromatic N) is 3. The van der Waals surface area contributed by atoms with E-state index < -0.39 is 0 Å². The summed E-state index contributed by atoms with van der Waals surface area (Å²) in [6, 6.07) is 47.5. The average molecular weight is 760 g/mol. The van der Waals surface area contributed by atoms with E-state index in [1.165, 1.54) is 33.4 Å². The van der Waals surface area contributed by atoms with Crippen molar-refractivity contribution >= 4 is 11.0 Å². The molecule has 8 rings (SSSR count). The van der Waals surface area contributed by atoms with Crippen LogP contribution in [0.3, 0.4) is 0 Å². The lowest BCUT2D eigenvalue weighted by molar-refractivity contribution is 0.466. The highest BCUT2D eigenvalue weighted by molar-refractivity contribution is 5.97. The molecule has 0 saturated heterocycles. The highest BCUT2D eigenvalue weighted by Crippen LogP contribution is 2.44. The molecule has 1 N–H and O–H groups in total. The second kappa shape index (κ2) is 15.2. The zero-order chi connectivity index (χ0) is 40.9. The molecule has 0 aliphatic rings. The van der Waals surface area contributed by atoms with Gasteiger partial charge in [0.2, 0.25) is 0 Å². The molecule has 0 amide bonds. The number of para-hydroxylation sites is 1. The Morgan fingerprint density at radius 1 is 0.586 bits per heavy atom. The minimum atomic E-state index is -0.121. The molecule has 0 spiro atoms. The molecule has 2 aromatic heterocycles. The number of aryl methyl sites for hydroxylation is 1. The fourth-order valence-electron chi connectivity index (χ4n) is 8.05. The maximum absolute atomic E-state index is 12.2. The third-order valence-electron chi connectivity index (χ3n) is 11.6. The van der Waals surface area contributed by atoms with E-state index in [0.717, 1.165) is 67.2 Å². The Bertz CT molecular complexity index is 2790. The summed E-state index contributed by atoms with van der Waals surface area (Å²) in [7, 11) is 0. The Morgan fingerprint density at radius 3 is 1.95 bits per heavy atom. The van der Waals surface area contributed by atoms with E-state index in [1.807, 2.05) is 12.3 Å². The molecule has 58 heavy (non-hydrogen) atoms. The Balaban J connectivity index is 1.42. The normalized spacial score (nSPS) is 11.9. The number of hydrogen-bond acceptors (Lipinski definition) is 3. The molecule has 0 radical (unpaired) electrons. The molecule has 6 aromatic carbocycles. The highest BCUT2D eigenvalue weighted by atomic mass is 16.3. The van der Waals surface area contributed by atoms with Crippen molar-refractivity contribution in [1.82, 2.24) is 14.5 Å². The number of rotatable bonds is 8. The maximum atomic E-state index is 12.2. The number of imidazole rings is 1. The summed E-state index contributed by atoms with van der Waals surface area (Å²) in [5, 5.41) is 12.2. The molecule has 4 heteroatoms. The van der Waals surface area contributed by atoms with Crippen LogP contribution < -0.4 is 0 Å². The van der Waals surface area contributed by atoms with Crippen LogP contribution in [-0.2, 0) is 5.41 Å². The maximum Gasteiger partial charge on any atom is 0.149 e. The molecule has 0 fully saturated rings. The van der Waals surface area contributed by atoms with Crippen LogP contribution in [0.5, 0.6) is 5.75 Å². The van der Waals surface area contributed by atoms with Crippen LogP contribution in [-0.4, -0.2) is 19.6 Å². The van der Waals surface area contributed by atoms with Gasteiger partial charge in [-0.1, -0.05) is 133 Å². The van der Waals surface area contributed by atoms with Crippen molar-refractivity contribution < 1.29 is 5.11 Å². The van der Waals surface area contributed by atoms with Crippen molar-refractivity contribution in [1.29, 1.82) is 0 Å². The molecule has 4 nitrogen and oxygen atoms in total. The first-order valence-electron chi connectivity index (χ1n) is 20.5. The summed E-state index contributed by atoms with van der Waals surface area (Å²) < 4.78 is 2.26. The first-order chi connectivity index (χ1) is 27.8. The highest BCUT2D eigenvalue weighted by Gasteiger charge is 2.25. The van der Waals surface area contributed by atoms with Crippen LogP contribution in [0.2, 0.25) is 0 Å². The summed E-state index contributed by atoms with van der Waals surface area (Å²) in [6.07, 6.45) is 1.91. The molecule has 290 valence electrons. The van der Waals surface area contributed by atoms with Gasteiger partial charge in [-0.25, -0.2) is 4.98 Å². The van der Waals surface area contributed by atoms with Gasteiger partial charge in [0, 0.05) is 23.0 Å². The minimum Gasteiger partial charge on any atom is -0.507 e. The lowest BCUT2D eigenvalue weighted by atomic mass is 9.83. The number of hydrogen-bond donors (Lipinski definition) is 1. The van der Waals surface area contributed by atoms with Gasteiger partial charge in [0.1, 0.15) is 11.6 Å². The van der Waals surface area contributed by atoms with Gasteiger partial charge in [-0.15, -0.1) is 0 Å². The Morgan fingerprint density at radius 2 is 1.28 bits per heavy atom. The number of fused-ring (bicyclic) bond motifs is 1. The third kappa shape index (κ3) is 7.24. The van der Waals surface area contributed by atoms with Crippen molar-refractivity contribution in [2.24, 2.45) is 0 Å². The number of benzene rings is 6. The number of pyridine rings is 1. The van der Waals surface area contributed by atoms with Crippen LogP contribution in [0.4, 0.5) is 0 Å². The van der Waals surface area contributed by atoms with Crippen LogP contribution in [0.1, 0.15) is 88.1 Å². The van der Waals surface area contributed by atoms with Gasteiger partial charge in [-0.05, 0) is 135 Å². The molecule has 0 saturated carbocycles. The Labute approximate surface area is 343 Å². The fourth-order valence-corrected chi connectivity index (χ4v) is 8.05.